The first-order valence-corrected chi connectivity index (χ1v) is 4.85. The third-order valence-corrected chi connectivity index (χ3v) is 1.98. The van der Waals surface area contributed by atoms with Crippen LogP contribution in [0.15, 0.2) is 41.0 Å². The van der Waals surface area contributed by atoms with Crippen LogP contribution in [0.2, 0.25) is 0 Å². The highest BCUT2D eigenvalue weighted by molar-refractivity contribution is 5.51. The van der Waals surface area contributed by atoms with E-state index in [0.717, 1.165) is 17.8 Å². The molecule has 0 unspecified atom stereocenters. The lowest BCUT2D eigenvalue weighted by molar-refractivity contribution is 0.575. The molecule has 4 heteroatoms. The summed E-state index contributed by atoms with van der Waals surface area (Å²) in [5.74, 6) is 0. The van der Waals surface area contributed by atoms with Crippen molar-refractivity contribution in [1.82, 2.24) is 4.98 Å². The Morgan fingerprint density at radius 1 is 1.27 bits per heavy atom. The first-order valence-electron chi connectivity index (χ1n) is 4.85. The van der Waals surface area contributed by atoms with Crippen LogP contribution in [0.4, 0.5) is 11.7 Å². The van der Waals surface area contributed by atoms with Crippen molar-refractivity contribution in [1.29, 1.82) is 0 Å². The van der Waals surface area contributed by atoms with Gasteiger partial charge in [-0.1, -0.05) is 18.2 Å². The highest BCUT2D eigenvalue weighted by atomic mass is 16.4. The second kappa shape index (κ2) is 4.61. The molecule has 78 valence electrons. The lowest BCUT2D eigenvalue weighted by atomic mass is 10.3. The normalized spacial score (nSPS) is 10.2. The molecule has 0 aliphatic heterocycles. The van der Waals surface area contributed by atoms with E-state index < -0.39 is 0 Å². The minimum Gasteiger partial charge on any atom is -0.432 e. The Bertz CT molecular complexity index is 411. The maximum Gasteiger partial charge on any atom is 0.299 e. The molecule has 0 radical (unpaired) electrons. The molecular weight excluding hydrogens is 190 g/mol. The first-order chi connectivity index (χ1) is 7.38. The quantitative estimate of drug-likeness (QED) is 0.796. The summed E-state index contributed by atoms with van der Waals surface area (Å²) in [6.45, 7) is 0.581. The van der Waals surface area contributed by atoms with Crippen LogP contribution < -0.4 is 11.1 Å². The summed E-state index contributed by atoms with van der Waals surface area (Å²) in [6, 6.07) is 10.3. The molecule has 0 spiro atoms. The van der Waals surface area contributed by atoms with Crippen LogP contribution in [0, 0.1) is 0 Å². The highest BCUT2D eigenvalue weighted by Gasteiger charge is 2.02. The lowest BCUT2D eigenvalue weighted by Gasteiger charge is -1.99. The molecule has 3 N–H and O–H groups in total. The number of anilines is 2. The SMILES string of the molecule is NCCc1coc(Nc2ccccc2)n1. The number of benzene rings is 1. The molecule has 2 aromatic rings. The number of rotatable bonds is 4. The van der Waals surface area contributed by atoms with Crippen LogP contribution in [-0.2, 0) is 6.42 Å². The minimum absolute atomic E-state index is 0.504. The van der Waals surface area contributed by atoms with E-state index in [9.17, 15) is 0 Å². The van der Waals surface area contributed by atoms with Gasteiger partial charge in [-0.2, -0.15) is 4.98 Å². The Labute approximate surface area is 88.1 Å². The summed E-state index contributed by atoms with van der Waals surface area (Å²) in [6.07, 6.45) is 2.36. The van der Waals surface area contributed by atoms with Gasteiger partial charge in [-0.25, -0.2) is 0 Å². The number of hydrogen-bond donors (Lipinski definition) is 2. The fraction of sp³-hybridized carbons (Fsp3) is 0.182. The smallest absolute Gasteiger partial charge is 0.299 e. The van der Waals surface area contributed by atoms with Crippen LogP contribution in [0.25, 0.3) is 0 Å². The Hall–Kier alpha value is -1.81. The predicted octanol–water partition coefficient (Wildman–Crippen LogP) is 1.92. The van der Waals surface area contributed by atoms with E-state index >= 15 is 0 Å². The Kier molecular flexibility index (Phi) is 2.99. The Morgan fingerprint density at radius 2 is 2.07 bits per heavy atom. The molecule has 4 nitrogen and oxygen atoms in total. The summed E-state index contributed by atoms with van der Waals surface area (Å²) in [5.41, 5.74) is 7.25. The number of para-hydroxylation sites is 1. The van der Waals surface area contributed by atoms with Crippen molar-refractivity contribution in [3.8, 4) is 0 Å². The van der Waals surface area contributed by atoms with E-state index in [1.165, 1.54) is 0 Å². The van der Waals surface area contributed by atoms with Gasteiger partial charge in [-0.3, -0.25) is 0 Å². The largest absolute Gasteiger partial charge is 0.432 e. The maximum atomic E-state index is 5.42. The van der Waals surface area contributed by atoms with Gasteiger partial charge in [0.2, 0.25) is 0 Å². The zero-order chi connectivity index (χ0) is 10.5. The fourth-order valence-electron chi connectivity index (χ4n) is 1.27. The van der Waals surface area contributed by atoms with E-state index in [1.54, 1.807) is 6.26 Å². The summed E-state index contributed by atoms with van der Waals surface area (Å²) in [7, 11) is 0. The van der Waals surface area contributed by atoms with Crippen molar-refractivity contribution in [2.75, 3.05) is 11.9 Å². The van der Waals surface area contributed by atoms with Crippen molar-refractivity contribution in [3.05, 3.63) is 42.3 Å². The van der Waals surface area contributed by atoms with E-state index in [0.29, 0.717) is 12.6 Å². The zero-order valence-corrected chi connectivity index (χ0v) is 8.31. The average Bonchev–Trinajstić information content (AvgIpc) is 2.68. The average molecular weight is 203 g/mol. The molecule has 0 atom stereocenters. The van der Waals surface area contributed by atoms with Gasteiger partial charge in [0, 0.05) is 12.1 Å². The predicted molar refractivity (Wildman–Crippen MR) is 59.0 cm³/mol. The lowest BCUT2D eigenvalue weighted by Crippen LogP contribution is -2.02. The third-order valence-electron chi connectivity index (χ3n) is 1.98. The van der Waals surface area contributed by atoms with Gasteiger partial charge in [0.1, 0.15) is 6.26 Å². The zero-order valence-electron chi connectivity index (χ0n) is 8.31. The molecule has 0 aliphatic carbocycles. The van der Waals surface area contributed by atoms with E-state index in [2.05, 4.69) is 10.3 Å². The molecule has 0 bridgehead atoms. The molecular formula is C11H13N3O. The van der Waals surface area contributed by atoms with Crippen molar-refractivity contribution >= 4 is 11.7 Å². The number of aromatic nitrogens is 1. The summed E-state index contributed by atoms with van der Waals surface area (Å²) in [4.78, 5) is 4.24. The van der Waals surface area contributed by atoms with Crippen LogP contribution in [0.1, 0.15) is 5.69 Å². The Balaban J connectivity index is 2.05. The Morgan fingerprint density at radius 3 is 2.80 bits per heavy atom. The standard InChI is InChI=1S/C11H13N3O/c12-7-6-10-8-15-11(14-10)13-9-4-2-1-3-5-9/h1-5,8H,6-7,12H2,(H,13,14). The molecule has 1 aromatic heterocycles. The molecule has 0 saturated carbocycles. The summed E-state index contributed by atoms with van der Waals surface area (Å²) in [5, 5.41) is 3.06. The number of nitrogens with zero attached hydrogens (tertiary/aromatic N) is 1. The molecule has 1 heterocycles. The molecule has 0 aliphatic rings. The van der Waals surface area contributed by atoms with Gasteiger partial charge >= 0.3 is 0 Å². The van der Waals surface area contributed by atoms with E-state index in [-0.39, 0.29) is 0 Å². The summed E-state index contributed by atoms with van der Waals surface area (Å²) >= 11 is 0. The van der Waals surface area contributed by atoms with Gasteiger partial charge in [0.05, 0.1) is 5.69 Å². The van der Waals surface area contributed by atoms with Crippen molar-refractivity contribution < 1.29 is 4.42 Å². The number of hydrogen-bond acceptors (Lipinski definition) is 4. The molecule has 0 saturated heterocycles. The van der Waals surface area contributed by atoms with E-state index in [1.807, 2.05) is 30.3 Å². The van der Waals surface area contributed by atoms with Crippen molar-refractivity contribution in [2.24, 2.45) is 5.73 Å². The van der Waals surface area contributed by atoms with Crippen LogP contribution in [0.3, 0.4) is 0 Å². The molecule has 0 amide bonds. The van der Waals surface area contributed by atoms with Crippen molar-refractivity contribution in [3.63, 3.8) is 0 Å². The molecule has 15 heavy (non-hydrogen) atoms. The number of oxazole rings is 1. The minimum atomic E-state index is 0.504. The molecule has 1 aromatic carbocycles. The van der Waals surface area contributed by atoms with Crippen LogP contribution in [0.5, 0.6) is 0 Å². The van der Waals surface area contributed by atoms with Crippen LogP contribution >= 0.6 is 0 Å². The first kappa shape index (κ1) is 9.73. The second-order valence-corrected chi connectivity index (χ2v) is 3.17. The monoisotopic (exact) mass is 203 g/mol. The van der Waals surface area contributed by atoms with Gasteiger partial charge in [0.25, 0.3) is 6.01 Å². The van der Waals surface area contributed by atoms with Crippen LogP contribution in [-0.4, -0.2) is 11.5 Å². The highest BCUT2D eigenvalue weighted by Crippen LogP contribution is 2.15. The van der Waals surface area contributed by atoms with Gasteiger partial charge in [-0.15, -0.1) is 0 Å². The molecule has 0 fully saturated rings. The van der Waals surface area contributed by atoms with Gasteiger partial charge in [0.15, 0.2) is 0 Å². The topological polar surface area (TPSA) is 64.1 Å². The number of nitrogens with two attached hydrogens (primary N) is 1. The van der Waals surface area contributed by atoms with Gasteiger partial charge in [-0.05, 0) is 18.7 Å². The number of nitrogens with one attached hydrogen (secondary N) is 1. The second-order valence-electron chi connectivity index (χ2n) is 3.17. The molecule has 2 rings (SSSR count). The fourth-order valence-corrected chi connectivity index (χ4v) is 1.27. The van der Waals surface area contributed by atoms with E-state index in [4.69, 9.17) is 10.2 Å². The maximum absolute atomic E-state index is 5.42. The van der Waals surface area contributed by atoms with Gasteiger partial charge < -0.3 is 15.5 Å². The summed E-state index contributed by atoms with van der Waals surface area (Å²) < 4.78 is 5.24. The van der Waals surface area contributed by atoms with Crippen molar-refractivity contribution in [2.45, 2.75) is 6.42 Å². The third kappa shape index (κ3) is 2.57.